The topological polar surface area (TPSA) is 163 Å². The fourth-order valence-electron chi connectivity index (χ4n) is 5.39. The molecule has 1 heterocycles. The zero-order valence-electron chi connectivity index (χ0n) is 28.7. The van der Waals surface area contributed by atoms with E-state index in [-0.39, 0.29) is 41.3 Å². The summed E-state index contributed by atoms with van der Waals surface area (Å²) < 4.78 is 40.8. The second-order valence-corrected chi connectivity index (χ2v) is 14.4. The molecule has 0 aliphatic rings. The molecule has 0 saturated carbocycles. The third-order valence-electron chi connectivity index (χ3n) is 8.40. The Morgan fingerprint density at radius 2 is 1.44 bits per heavy atom. The summed E-state index contributed by atoms with van der Waals surface area (Å²) in [5.74, 6) is -2.08. The minimum absolute atomic E-state index is 0.00474. The molecular formula is C38H39FN6O6S. The van der Waals surface area contributed by atoms with Gasteiger partial charge in [-0.2, -0.15) is 5.10 Å². The Morgan fingerprint density at radius 1 is 0.846 bits per heavy atom. The van der Waals surface area contributed by atoms with Crippen molar-refractivity contribution in [1.29, 1.82) is 0 Å². The Morgan fingerprint density at radius 3 is 2.06 bits per heavy atom. The summed E-state index contributed by atoms with van der Waals surface area (Å²) in [5, 5.41) is 24.2. The van der Waals surface area contributed by atoms with Crippen molar-refractivity contribution in [1.82, 2.24) is 20.4 Å². The molecule has 4 aromatic carbocycles. The number of carbonyl (C=O) groups excluding carboxylic acids is 3. The Balaban J connectivity index is 1.39. The maximum atomic E-state index is 13.9. The Hall–Kier alpha value is -5.86. The van der Waals surface area contributed by atoms with E-state index in [0.717, 1.165) is 16.1 Å². The highest BCUT2D eigenvalue weighted by Crippen LogP contribution is 2.23. The highest BCUT2D eigenvalue weighted by Gasteiger charge is 2.26. The molecule has 0 aliphatic heterocycles. The van der Waals surface area contributed by atoms with Gasteiger partial charge in [0, 0.05) is 30.1 Å². The smallest absolute Gasteiger partial charge is 0.258 e. The van der Waals surface area contributed by atoms with Gasteiger partial charge in [-0.25, -0.2) is 12.8 Å². The molecule has 1 aromatic heterocycles. The molecular weight excluding hydrogens is 688 g/mol. The van der Waals surface area contributed by atoms with E-state index in [9.17, 15) is 32.3 Å². The second-order valence-electron chi connectivity index (χ2n) is 12.4. The number of para-hydroxylation sites is 1. The molecule has 0 spiro atoms. The number of aliphatic hydroxyl groups is 1. The number of nitrogens with one attached hydrogen (secondary N) is 3. The van der Waals surface area contributed by atoms with Crippen molar-refractivity contribution in [3.8, 4) is 0 Å². The van der Waals surface area contributed by atoms with Crippen LogP contribution in [0.1, 0.15) is 55.2 Å². The lowest BCUT2D eigenvalue weighted by atomic mass is 10.00. The summed E-state index contributed by atoms with van der Waals surface area (Å²) in [6.45, 7) is 1.63. The molecule has 270 valence electrons. The number of nitrogens with zero attached hydrogens (tertiary/aromatic N) is 3. The van der Waals surface area contributed by atoms with Crippen molar-refractivity contribution < 1.29 is 32.3 Å². The monoisotopic (exact) mass is 726 g/mol. The summed E-state index contributed by atoms with van der Waals surface area (Å²) in [7, 11) is -2.49. The second kappa shape index (κ2) is 16.4. The van der Waals surface area contributed by atoms with Gasteiger partial charge in [-0.05, 0) is 66.9 Å². The largest absolute Gasteiger partial charge is 0.389 e. The van der Waals surface area contributed by atoms with E-state index in [1.807, 2.05) is 36.4 Å². The van der Waals surface area contributed by atoms with E-state index in [4.69, 9.17) is 0 Å². The quantitative estimate of drug-likeness (QED) is 0.130. The minimum Gasteiger partial charge on any atom is -0.389 e. The van der Waals surface area contributed by atoms with E-state index in [0.29, 0.717) is 11.3 Å². The summed E-state index contributed by atoms with van der Waals surface area (Å²) in [5.41, 5.74) is 2.37. The number of anilines is 2. The lowest BCUT2D eigenvalue weighted by Crippen LogP contribution is -2.46. The molecule has 0 bridgehead atoms. The fraction of sp³-hybridized carbons (Fsp3) is 0.211. The number of halogens is 1. The number of amides is 3. The first kappa shape index (κ1) is 37.4. The van der Waals surface area contributed by atoms with Gasteiger partial charge in [0.2, 0.25) is 10.0 Å². The van der Waals surface area contributed by atoms with Gasteiger partial charge in [-0.1, -0.05) is 60.7 Å². The number of carbonyl (C=O) groups is 3. The first-order valence-corrected chi connectivity index (χ1v) is 18.2. The average Bonchev–Trinajstić information content (AvgIpc) is 3.60. The lowest BCUT2D eigenvalue weighted by molar-refractivity contribution is 0.0780. The predicted octanol–water partition coefficient (Wildman–Crippen LogP) is 4.56. The predicted molar refractivity (Wildman–Crippen MR) is 196 cm³/mol. The van der Waals surface area contributed by atoms with Crippen molar-refractivity contribution in [2.75, 3.05) is 22.9 Å². The van der Waals surface area contributed by atoms with Crippen LogP contribution in [0.2, 0.25) is 0 Å². The highest BCUT2D eigenvalue weighted by atomic mass is 32.2. The van der Waals surface area contributed by atoms with E-state index < -0.39 is 45.8 Å². The minimum atomic E-state index is -3.79. The molecule has 3 atom stereocenters. The van der Waals surface area contributed by atoms with Gasteiger partial charge in [-0.3, -0.25) is 23.4 Å². The van der Waals surface area contributed by atoms with Gasteiger partial charge < -0.3 is 21.1 Å². The molecule has 5 aromatic rings. The molecule has 52 heavy (non-hydrogen) atoms. The fourth-order valence-corrected chi connectivity index (χ4v) is 5.88. The lowest BCUT2D eigenvalue weighted by Gasteiger charge is -2.25. The van der Waals surface area contributed by atoms with Crippen LogP contribution in [-0.4, -0.2) is 66.5 Å². The molecule has 12 nitrogen and oxygen atoms in total. The molecule has 0 aliphatic carbocycles. The van der Waals surface area contributed by atoms with Gasteiger partial charge >= 0.3 is 0 Å². The number of rotatable bonds is 14. The molecule has 0 radical (unpaired) electrons. The van der Waals surface area contributed by atoms with Crippen LogP contribution in [-0.2, 0) is 23.0 Å². The zero-order chi connectivity index (χ0) is 37.4. The van der Waals surface area contributed by atoms with E-state index in [1.54, 1.807) is 31.2 Å². The Kier molecular flexibility index (Phi) is 11.8. The molecule has 14 heteroatoms. The molecule has 0 saturated heterocycles. The van der Waals surface area contributed by atoms with Crippen molar-refractivity contribution in [2.45, 2.75) is 38.1 Å². The van der Waals surface area contributed by atoms with Crippen LogP contribution in [0.15, 0.2) is 116 Å². The molecule has 5 rings (SSSR count). The van der Waals surface area contributed by atoms with Crippen molar-refractivity contribution in [3.05, 3.63) is 149 Å². The Bertz CT molecular complexity index is 2130. The van der Waals surface area contributed by atoms with Crippen LogP contribution in [0.5, 0.6) is 0 Å². The Labute approximate surface area is 301 Å². The summed E-state index contributed by atoms with van der Waals surface area (Å²) in [6, 6.07) is 26.3. The van der Waals surface area contributed by atoms with Crippen LogP contribution in [0, 0.1) is 5.82 Å². The van der Waals surface area contributed by atoms with Gasteiger partial charge in [0.15, 0.2) is 0 Å². The normalized spacial score (nSPS) is 13.0. The first-order valence-electron chi connectivity index (χ1n) is 16.3. The van der Waals surface area contributed by atoms with Crippen LogP contribution in [0.4, 0.5) is 15.8 Å². The summed E-state index contributed by atoms with van der Waals surface area (Å²) >= 11 is 0. The highest BCUT2D eigenvalue weighted by molar-refractivity contribution is 7.92. The van der Waals surface area contributed by atoms with E-state index in [2.05, 4.69) is 21.0 Å². The van der Waals surface area contributed by atoms with Crippen LogP contribution in [0.25, 0.3) is 0 Å². The SMILES string of the molecule is C[C@@H](NC(=O)c1cc(C(=O)N[C@@H](Cc2ccccc2)[C@@H](O)Cn2cc(C(=O)Nc3ccccc3)cn2)cc(N(C)S(C)(=O)=O)c1)c1ccc(F)cc1. The van der Waals surface area contributed by atoms with Crippen LogP contribution in [0.3, 0.4) is 0 Å². The standard InChI is InChI=1S/C38H39FN6O6S/c1-25(27-14-16-31(39)17-15-27)41-36(47)28-19-29(21-33(20-28)44(2)52(3,50)51)37(48)43-34(18-26-10-6-4-7-11-26)35(46)24-45-23-30(22-40-45)38(49)42-32-12-8-5-9-13-32/h4-17,19-23,25,34-35,46H,18,24H2,1-3H3,(H,41,47)(H,42,49)(H,43,48)/t25-,34+,35+/m1/s1. The maximum Gasteiger partial charge on any atom is 0.258 e. The molecule has 3 amide bonds. The average molecular weight is 727 g/mol. The number of aromatic nitrogens is 2. The maximum absolute atomic E-state index is 13.9. The molecule has 0 fully saturated rings. The third-order valence-corrected chi connectivity index (χ3v) is 9.61. The van der Waals surface area contributed by atoms with Crippen molar-refractivity contribution in [2.24, 2.45) is 0 Å². The number of hydrogen-bond acceptors (Lipinski definition) is 7. The number of benzene rings is 4. The van der Waals surface area contributed by atoms with Crippen LogP contribution < -0.4 is 20.3 Å². The zero-order valence-corrected chi connectivity index (χ0v) is 29.5. The summed E-state index contributed by atoms with van der Waals surface area (Å²) in [6.07, 6.45) is 2.88. The first-order chi connectivity index (χ1) is 24.8. The molecule has 4 N–H and O–H groups in total. The van der Waals surface area contributed by atoms with Crippen LogP contribution >= 0.6 is 0 Å². The van der Waals surface area contributed by atoms with Gasteiger partial charge in [0.1, 0.15) is 5.82 Å². The number of aliphatic hydroxyl groups excluding tert-OH is 1. The van der Waals surface area contributed by atoms with Gasteiger partial charge in [0.25, 0.3) is 17.7 Å². The van der Waals surface area contributed by atoms with Crippen molar-refractivity contribution >= 4 is 39.1 Å². The third kappa shape index (κ3) is 9.89. The van der Waals surface area contributed by atoms with Gasteiger partial charge in [0.05, 0.1) is 48.4 Å². The summed E-state index contributed by atoms with van der Waals surface area (Å²) in [4.78, 5) is 40.1. The van der Waals surface area contributed by atoms with E-state index in [1.165, 1.54) is 66.6 Å². The number of hydrogen-bond donors (Lipinski definition) is 4. The van der Waals surface area contributed by atoms with Gasteiger partial charge in [-0.15, -0.1) is 0 Å². The number of sulfonamides is 1. The molecule has 0 unspecified atom stereocenters. The van der Waals surface area contributed by atoms with E-state index >= 15 is 0 Å². The van der Waals surface area contributed by atoms with Crippen molar-refractivity contribution in [3.63, 3.8) is 0 Å².